The van der Waals surface area contributed by atoms with Gasteiger partial charge in [0.15, 0.2) is 23.7 Å². The Bertz CT molecular complexity index is 675. The van der Waals surface area contributed by atoms with E-state index in [2.05, 4.69) is 14.7 Å². The zero-order chi connectivity index (χ0) is 18.7. The predicted octanol–water partition coefficient (Wildman–Crippen LogP) is -3.41. The fraction of sp³-hybridized carbons (Fsp3) is 0.538. The maximum absolute atomic E-state index is 11.5. The Morgan fingerprint density at radius 2 is 1.88 bits per heavy atom. The number of imidazole rings is 1. The molecule has 0 spiro atoms. The van der Waals surface area contributed by atoms with Gasteiger partial charge in [-0.1, -0.05) is 0 Å². The second-order valence-electron chi connectivity index (χ2n) is 5.36. The number of nitrogens with one attached hydrogen (secondary N) is 2. The first-order valence-corrected chi connectivity index (χ1v) is 7.28. The van der Waals surface area contributed by atoms with Gasteiger partial charge in [-0.3, -0.25) is 19.8 Å². The lowest BCUT2D eigenvalue weighted by atomic mass is 10.1. The van der Waals surface area contributed by atoms with Crippen LogP contribution in [0, 0.1) is 0 Å². The molecule has 0 aliphatic carbocycles. The van der Waals surface area contributed by atoms with E-state index in [4.69, 9.17) is 26.3 Å². The molecule has 0 saturated carbocycles. The number of ketones is 2. The lowest BCUT2D eigenvalue weighted by Gasteiger charge is -2.09. The van der Waals surface area contributed by atoms with Gasteiger partial charge in [-0.2, -0.15) is 0 Å². The highest BCUT2D eigenvalue weighted by Gasteiger charge is 2.41. The number of hydrogen-bond donors (Lipinski definition) is 7. The average molecular weight is 358 g/mol. The number of aromatic nitrogens is 2. The van der Waals surface area contributed by atoms with Crippen LogP contribution in [-0.4, -0.2) is 79.1 Å². The molecule has 1 saturated heterocycles. The largest absolute Gasteiger partial charge is 0.394 e. The van der Waals surface area contributed by atoms with Crippen LogP contribution in [-0.2, 0) is 4.74 Å². The smallest absolute Gasteiger partial charge is 0.284 e. The zero-order valence-electron chi connectivity index (χ0n) is 12.9. The number of H-pyrrole nitrogens is 1. The molecule has 1 aromatic rings. The van der Waals surface area contributed by atoms with Crippen LogP contribution in [0.4, 0.5) is 0 Å². The highest BCUT2D eigenvalue weighted by atomic mass is 16.6. The number of rotatable bonds is 2. The number of fused-ring (bicyclic) bond motifs is 2. The van der Waals surface area contributed by atoms with Gasteiger partial charge in [0.05, 0.1) is 6.61 Å². The third-order valence-electron chi connectivity index (χ3n) is 3.69. The first-order valence-electron chi connectivity index (χ1n) is 7.28. The number of aliphatic hydroxyl groups excluding tert-OH is 4. The summed E-state index contributed by atoms with van der Waals surface area (Å²) < 4.78 is 4.54. The molecule has 12 nitrogen and oxygen atoms in total. The molecule has 1 fully saturated rings. The summed E-state index contributed by atoms with van der Waals surface area (Å²) in [6.45, 7) is -0.407. The van der Waals surface area contributed by atoms with E-state index in [0.29, 0.717) is 0 Å². The summed E-state index contributed by atoms with van der Waals surface area (Å²) in [5.74, 6) is 3.70. The van der Waals surface area contributed by atoms with Crippen molar-refractivity contribution in [2.75, 3.05) is 6.61 Å². The third-order valence-corrected chi connectivity index (χ3v) is 3.69. The molecule has 4 atom stereocenters. The van der Waals surface area contributed by atoms with Crippen molar-refractivity contribution >= 4 is 17.5 Å². The number of Topliss-reactive ketones (excluding diaryl/α,β-unsaturated/α-hetero) is 2. The standard InChI is InChI=1S/C8H8N4O3.C5H10O5/c9-12-8(15)6-5-3(13)1-2-4(14)7(10-5)11-6;6-1-2-3(7)4(8)5(9)10-2/h1-2,9H2,(H,10,11)(H,12,15);2-9H,1H2/t;2-,3-,4-,5?/m.1/s1. The van der Waals surface area contributed by atoms with Gasteiger partial charge >= 0.3 is 0 Å². The molecule has 2 aliphatic heterocycles. The molecule has 3 rings (SSSR count). The van der Waals surface area contributed by atoms with Crippen LogP contribution in [0.3, 0.4) is 0 Å². The minimum atomic E-state index is -1.38. The van der Waals surface area contributed by atoms with Crippen molar-refractivity contribution in [1.82, 2.24) is 15.4 Å². The molecule has 1 aromatic heterocycles. The SMILES string of the molecule is NNC(=O)c1[nH]c2nc1C(=O)CCC2=O.OC[C@H]1OC(O)[C@H](O)[C@@H]1O. The van der Waals surface area contributed by atoms with Crippen LogP contribution in [0.15, 0.2) is 0 Å². The molecule has 8 N–H and O–H groups in total. The summed E-state index contributed by atoms with van der Waals surface area (Å²) in [6, 6.07) is 0. The number of aliphatic hydroxyl groups is 4. The molecular weight excluding hydrogens is 340 g/mol. The van der Waals surface area contributed by atoms with Crippen molar-refractivity contribution in [3.8, 4) is 0 Å². The Hall–Kier alpha value is -2.22. The first-order chi connectivity index (χ1) is 11.8. The molecule has 1 amide bonds. The van der Waals surface area contributed by atoms with E-state index in [-0.39, 0.29) is 41.6 Å². The number of hydrogen-bond acceptors (Lipinski definition) is 10. The van der Waals surface area contributed by atoms with Gasteiger partial charge in [0.25, 0.3) is 5.91 Å². The maximum atomic E-state index is 11.5. The molecule has 0 radical (unpaired) electrons. The van der Waals surface area contributed by atoms with E-state index in [0.717, 1.165) is 0 Å². The Morgan fingerprint density at radius 1 is 1.24 bits per heavy atom. The van der Waals surface area contributed by atoms with E-state index in [1.54, 1.807) is 0 Å². The third kappa shape index (κ3) is 3.89. The van der Waals surface area contributed by atoms with Crippen LogP contribution in [0.5, 0.6) is 0 Å². The average Bonchev–Trinajstić information content (AvgIpc) is 3.12. The van der Waals surface area contributed by atoms with Crippen molar-refractivity contribution in [1.29, 1.82) is 0 Å². The molecule has 12 heteroatoms. The van der Waals surface area contributed by atoms with Gasteiger partial charge in [-0.15, -0.1) is 0 Å². The van der Waals surface area contributed by atoms with Crippen molar-refractivity contribution in [3.05, 3.63) is 17.2 Å². The van der Waals surface area contributed by atoms with Crippen LogP contribution in [0.25, 0.3) is 0 Å². The second-order valence-corrected chi connectivity index (χ2v) is 5.36. The van der Waals surface area contributed by atoms with E-state index in [9.17, 15) is 14.4 Å². The van der Waals surface area contributed by atoms with Gasteiger partial charge in [0.1, 0.15) is 29.7 Å². The van der Waals surface area contributed by atoms with E-state index >= 15 is 0 Å². The summed E-state index contributed by atoms with van der Waals surface area (Å²) in [7, 11) is 0. The van der Waals surface area contributed by atoms with Crippen LogP contribution in [0.1, 0.15) is 44.4 Å². The van der Waals surface area contributed by atoms with E-state index < -0.39 is 37.1 Å². The summed E-state index contributed by atoms with van der Waals surface area (Å²) in [6.07, 6.45) is -4.56. The fourth-order valence-electron chi connectivity index (χ4n) is 2.29. The number of ether oxygens (including phenoxy) is 1. The number of nitrogens with two attached hydrogens (primary N) is 1. The van der Waals surface area contributed by atoms with Gasteiger partial charge < -0.3 is 30.1 Å². The van der Waals surface area contributed by atoms with Crippen molar-refractivity contribution < 1.29 is 39.5 Å². The number of hydrazine groups is 1. The Kier molecular flexibility index (Phi) is 5.94. The summed E-state index contributed by atoms with van der Waals surface area (Å²) in [5, 5.41) is 35.0. The minimum Gasteiger partial charge on any atom is -0.394 e. The number of nitrogens with zero attached hydrogens (tertiary/aromatic N) is 1. The molecule has 2 bridgehead atoms. The molecule has 2 aliphatic rings. The second kappa shape index (κ2) is 7.77. The fourth-order valence-corrected chi connectivity index (χ4v) is 2.29. The number of carbonyl (C=O) groups excluding carboxylic acids is 3. The van der Waals surface area contributed by atoms with E-state index in [1.807, 2.05) is 5.43 Å². The monoisotopic (exact) mass is 358 g/mol. The first kappa shape index (κ1) is 19.1. The maximum Gasteiger partial charge on any atom is 0.284 e. The van der Waals surface area contributed by atoms with Crippen LogP contribution >= 0.6 is 0 Å². The molecule has 138 valence electrons. The molecule has 25 heavy (non-hydrogen) atoms. The highest BCUT2D eigenvalue weighted by molar-refractivity contribution is 6.10. The summed E-state index contributed by atoms with van der Waals surface area (Å²) in [5.41, 5.74) is 1.81. The minimum absolute atomic E-state index is 0.0150. The van der Waals surface area contributed by atoms with E-state index in [1.165, 1.54) is 0 Å². The Balaban J connectivity index is 0.000000196. The predicted molar refractivity (Wildman–Crippen MR) is 78.1 cm³/mol. The van der Waals surface area contributed by atoms with Crippen molar-refractivity contribution in [2.45, 2.75) is 37.4 Å². The lowest BCUT2D eigenvalue weighted by Crippen LogP contribution is -2.33. The van der Waals surface area contributed by atoms with Crippen molar-refractivity contribution in [3.63, 3.8) is 0 Å². The molecule has 0 aromatic carbocycles. The zero-order valence-corrected chi connectivity index (χ0v) is 12.9. The summed E-state index contributed by atoms with van der Waals surface area (Å²) in [4.78, 5) is 40.3. The van der Waals surface area contributed by atoms with Gasteiger partial charge in [-0.05, 0) is 0 Å². The van der Waals surface area contributed by atoms with Gasteiger partial charge in [0, 0.05) is 12.8 Å². The molecule has 3 heterocycles. The van der Waals surface area contributed by atoms with Gasteiger partial charge in [-0.25, -0.2) is 10.8 Å². The van der Waals surface area contributed by atoms with Crippen molar-refractivity contribution in [2.24, 2.45) is 5.84 Å². The Morgan fingerprint density at radius 3 is 2.36 bits per heavy atom. The van der Waals surface area contributed by atoms with Gasteiger partial charge in [0.2, 0.25) is 0 Å². The quantitative estimate of drug-likeness (QED) is 0.158. The number of aromatic amines is 1. The van der Waals surface area contributed by atoms with Crippen LogP contribution in [0.2, 0.25) is 0 Å². The normalized spacial score (nSPS) is 28.2. The molecule has 1 unspecified atom stereocenters. The Labute approximate surface area is 140 Å². The molecular formula is C13H18N4O8. The topological polar surface area (TPSA) is 208 Å². The van der Waals surface area contributed by atoms with Crippen LogP contribution < -0.4 is 11.3 Å². The number of amides is 1. The highest BCUT2D eigenvalue weighted by Crippen LogP contribution is 2.18. The number of nitrogen functional groups attached to an aromatic ring is 1. The lowest BCUT2D eigenvalue weighted by molar-refractivity contribution is -0.132. The number of carbonyl (C=O) groups is 3. The summed E-state index contributed by atoms with van der Waals surface area (Å²) >= 11 is 0.